The predicted molar refractivity (Wildman–Crippen MR) is 85.0 cm³/mol. The lowest BCUT2D eigenvalue weighted by atomic mass is 10.1. The lowest BCUT2D eigenvalue weighted by molar-refractivity contribution is 0.0601. The fraction of sp³-hybridized carbons (Fsp3) is 0.214. The largest absolute Gasteiger partial charge is 0.465 e. The molecule has 0 aliphatic rings. The molecule has 0 spiro atoms. The summed E-state index contributed by atoms with van der Waals surface area (Å²) in [6, 6.07) is 3.33. The molecule has 0 saturated heterocycles. The van der Waals surface area contributed by atoms with E-state index in [1.165, 1.54) is 24.6 Å². The van der Waals surface area contributed by atoms with Crippen molar-refractivity contribution in [3.8, 4) is 0 Å². The maximum Gasteiger partial charge on any atom is 0.341 e. The second-order valence-electron chi connectivity index (χ2n) is 4.30. The molecule has 0 bridgehead atoms. The summed E-state index contributed by atoms with van der Waals surface area (Å²) < 4.78 is 5.42. The Balaban J connectivity index is 2.31. The molecule has 5 nitrogen and oxygen atoms in total. The number of esters is 1. The number of halogens is 1. The first-order valence-electron chi connectivity index (χ1n) is 6.05. The van der Waals surface area contributed by atoms with Gasteiger partial charge in [-0.25, -0.2) is 9.78 Å². The maximum atomic E-state index is 12.2. The van der Waals surface area contributed by atoms with Crippen molar-refractivity contribution in [2.45, 2.75) is 13.8 Å². The van der Waals surface area contributed by atoms with Gasteiger partial charge in [-0.1, -0.05) is 0 Å². The first-order valence-corrected chi connectivity index (χ1v) is 7.66. The number of pyridine rings is 1. The minimum atomic E-state index is -0.457. The van der Waals surface area contributed by atoms with Crippen LogP contribution in [0, 0.1) is 13.8 Å². The smallest absolute Gasteiger partial charge is 0.341 e. The molecule has 0 unspecified atom stereocenters. The van der Waals surface area contributed by atoms with Gasteiger partial charge in [-0.2, -0.15) is 0 Å². The number of thiophene rings is 1. The molecule has 0 aliphatic heterocycles. The molecular weight excluding hydrogens is 356 g/mol. The molecule has 7 heteroatoms. The number of rotatable bonds is 3. The molecule has 0 atom stereocenters. The van der Waals surface area contributed by atoms with Crippen LogP contribution in [0.3, 0.4) is 0 Å². The Morgan fingerprint density at radius 2 is 2.05 bits per heavy atom. The van der Waals surface area contributed by atoms with Gasteiger partial charge in [0.15, 0.2) is 0 Å². The zero-order chi connectivity index (χ0) is 15.6. The first-order chi connectivity index (χ1) is 9.93. The fourth-order valence-corrected chi connectivity index (χ4v) is 3.03. The summed E-state index contributed by atoms with van der Waals surface area (Å²) in [5, 5.41) is 3.24. The third kappa shape index (κ3) is 3.30. The third-order valence-electron chi connectivity index (χ3n) is 2.99. The zero-order valence-electron chi connectivity index (χ0n) is 11.7. The van der Waals surface area contributed by atoms with Gasteiger partial charge in [0.2, 0.25) is 0 Å². The van der Waals surface area contributed by atoms with E-state index in [0.29, 0.717) is 20.7 Å². The van der Waals surface area contributed by atoms with E-state index in [1.54, 1.807) is 12.1 Å². The fourth-order valence-electron chi connectivity index (χ4n) is 1.75. The van der Waals surface area contributed by atoms with Crippen LogP contribution in [0.1, 0.15) is 31.2 Å². The summed E-state index contributed by atoms with van der Waals surface area (Å²) in [4.78, 5) is 29.0. The van der Waals surface area contributed by atoms with E-state index in [9.17, 15) is 9.59 Å². The number of anilines is 1. The summed E-state index contributed by atoms with van der Waals surface area (Å²) in [6.45, 7) is 3.72. The number of carbonyl (C=O) groups is 2. The number of aromatic nitrogens is 1. The molecule has 0 radical (unpaired) electrons. The number of ether oxygens (including phenoxy) is 1. The quantitative estimate of drug-likeness (QED) is 0.664. The van der Waals surface area contributed by atoms with E-state index >= 15 is 0 Å². The van der Waals surface area contributed by atoms with Gasteiger partial charge in [0.05, 0.1) is 18.2 Å². The molecule has 2 aromatic heterocycles. The highest BCUT2D eigenvalue weighted by atomic mass is 79.9. The minimum Gasteiger partial charge on any atom is -0.465 e. The zero-order valence-corrected chi connectivity index (χ0v) is 14.1. The van der Waals surface area contributed by atoms with Crippen LogP contribution in [0.5, 0.6) is 0 Å². The lowest BCUT2D eigenvalue weighted by Crippen LogP contribution is -2.14. The van der Waals surface area contributed by atoms with Crippen LogP contribution in [0.4, 0.5) is 5.00 Å². The third-order valence-corrected chi connectivity index (χ3v) is 4.58. The van der Waals surface area contributed by atoms with Crippen LogP contribution in [0.25, 0.3) is 0 Å². The summed E-state index contributed by atoms with van der Waals surface area (Å²) in [7, 11) is 1.32. The van der Waals surface area contributed by atoms with Crippen molar-refractivity contribution in [2.24, 2.45) is 0 Å². The van der Waals surface area contributed by atoms with Gasteiger partial charge < -0.3 is 10.1 Å². The van der Waals surface area contributed by atoms with E-state index in [2.05, 4.69) is 26.2 Å². The summed E-state index contributed by atoms with van der Waals surface area (Å²) in [5.74, 6) is -0.775. The highest BCUT2D eigenvalue weighted by Crippen LogP contribution is 2.33. The second kappa shape index (κ2) is 6.36. The van der Waals surface area contributed by atoms with Crippen LogP contribution < -0.4 is 5.32 Å². The molecule has 0 aliphatic carbocycles. The molecule has 110 valence electrons. The molecule has 1 amide bonds. The summed E-state index contributed by atoms with van der Waals surface area (Å²) >= 11 is 4.56. The molecule has 0 saturated carbocycles. The molecule has 2 rings (SSSR count). The Bertz CT molecular complexity index is 695. The van der Waals surface area contributed by atoms with E-state index in [-0.39, 0.29) is 5.91 Å². The van der Waals surface area contributed by atoms with Crippen molar-refractivity contribution in [1.82, 2.24) is 4.98 Å². The number of hydrogen-bond donors (Lipinski definition) is 1. The van der Waals surface area contributed by atoms with E-state index in [0.717, 1.165) is 10.4 Å². The van der Waals surface area contributed by atoms with Crippen LogP contribution in [0.2, 0.25) is 0 Å². The Hall–Kier alpha value is -1.73. The van der Waals surface area contributed by atoms with Gasteiger partial charge in [-0.05, 0) is 47.5 Å². The molecule has 2 heterocycles. The normalized spacial score (nSPS) is 10.3. The Morgan fingerprint density at radius 3 is 2.62 bits per heavy atom. The average Bonchev–Trinajstić information content (AvgIpc) is 2.73. The number of aryl methyl sites for hydroxylation is 1. The van der Waals surface area contributed by atoms with Gasteiger partial charge in [0, 0.05) is 11.1 Å². The highest BCUT2D eigenvalue weighted by Gasteiger charge is 2.21. The van der Waals surface area contributed by atoms with Gasteiger partial charge in [0.25, 0.3) is 5.91 Å². The number of amides is 1. The number of carbonyl (C=O) groups excluding carboxylic acids is 2. The van der Waals surface area contributed by atoms with E-state index < -0.39 is 5.97 Å². The van der Waals surface area contributed by atoms with Gasteiger partial charge in [-0.15, -0.1) is 11.3 Å². The van der Waals surface area contributed by atoms with Crippen molar-refractivity contribution in [3.05, 3.63) is 44.5 Å². The summed E-state index contributed by atoms with van der Waals surface area (Å²) in [6.07, 6.45) is 1.46. The topological polar surface area (TPSA) is 68.3 Å². The molecule has 0 aromatic carbocycles. The van der Waals surface area contributed by atoms with Crippen LogP contribution in [-0.4, -0.2) is 24.0 Å². The average molecular weight is 369 g/mol. The van der Waals surface area contributed by atoms with Crippen LogP contribution >= 0.6 is 27.3 Å². The number of nitrogens with one attached hydrogen (secondary N) is 1. The molecule has 1 N–H and O–H groups in total. The highest BCUT2D eigenvalue weighted by molar-refractivity contribution is 9.10. The molecular formula is C14H13BrN2O3S. The first kappa shape index (κ1) is 15.7. The number of hydrogen-bond acceptors (Lipinski definition) is 5. The van der Waals surface area contributed by atoms with Crippen molar-refractivity contribution < 1.29 is 14.3 Å². The lowest BCUT2D eigenvalue weighted by Gasteiger charge is -2.06. The van der Waals surface area contributed by atoms with Crippen LogP contribution in [-0.2, 0) is 4.74 Å². The Morgan fingerprint density at radius 1 is 1.33 bits per heavy atom. The standard InChI is InChI=1S/C14H13BrN2O3S/c1-7-8(2)21-13(11(7)14(19)20-3)17-12(18)9-4-5-10(15)16-6-9/h4-6H,1-3H3,(H,17,18). The van der Waals surface area contributed by atoms with Crippen molar-refractivity contribution >= 4 is 44.1 Å². The van der Waals surface area contributed by atoms with Gasteiger partial charge in [-0.3, -0.25) is 4.79 Å². The Labute approximate surface area is 134 Å². The molecule has 2 aromatic rings. The molecule has 21 heavy (non-hydrogen) atoms. The van der Waals surface area contributed by atoms with Crippen molar-refractivity contribution in [1.29, 1.82) is 0 Å². The summed E-state index contributed by atoms with van der Waals surface area (Å²) in [5.41, 5.74) is 1.63. The van der Waals surface area contributed by atoms with Crippen LogP contribution in [0.15, 0.2) is 22.9 Å². The molecule has 0 fully saturated rings. The van der Waals surface area contributed by atoms with Crippen molar-refractivity contribution in [2.75, 3.05) is 12.4 Å². The maximum absolute atomic E-state index is 12.2. The number of nitrogens with zero attached hydrogens (tertiary/aromatic N) is 1. The van der Waals surface area contributed by atoms with E-state index in [1.807, 2.05) is 13.8 Å². The SMILES string of the molecule is COC(=O)c1c(NC(=O)c2ccc(Br)nc2)sc(C)c1C. The number of methoxy groups -OCH3 is 1. The van der Waals surface area contributed by atoms with Gasteiger partial charge >= 0.3 is 5.97 Å². The van der Waals surface area contributed by atoms with Crippen molar-refractivity contribution in [3.63, 3.8) is 0 Å². The van der Waals surface area contributed by atoms with E-state index in [4.69, 9.17) is 4.74 Å². The Kier molecular flexibility index (Phi) is 4.74. The minimum absolute atomic E-state index is 0.318. The van der Waals surface area contributed by atoms with Gasteiger partial charge in [0.1, 0.15) is 9.60 Å². The second-order valence-corrected chi connectivity index (χ2v) is 6.34. The monoisotopic (exact) mass is 368 g/mol. The predicted octanol–water partition coefficient (Wildman–Crippen LogP) is 3.56.